The monoisotopic (exact) mass is 292 g/mol. The van der Waals surface area contributed by atoms with Gasteiger partial charge in [0, 0.05) is 10.4 Å². The zero-order chi connectivity index (χ0) is 14.5. The Labute approximate surface area is 121 Å². The van der Waals surface area contributed by atoms with E-state index in [0.29, 0.717) is 29.6 Å². The van der Waals surface area contributed by atoms with E-state index >= 15 is 0 Å². The number of hydrogen-bond acceptors (Lipinski definition) is 4. The molecule has 1 aromatic heterocycles. The van der Waals surface area contributed by atoms with Crippen LogP contribution in [0.15, 0.2) is 30.3 Å². The Morgan fingerprint density at radius 3 is 2.45 bits per heavy atom. The molecule has 0 saturated carbocycles. The molecule has 5 heteroatoms. The Morgan fingerprint density at radius 2 is 1.90 bits per heavy atom. The summed E-state index contributed by atoms with van der Waals surface area (Å²) in [6, 6.07) is 9.11. The number of benzene rings is 1. The van der Waals surface area contributed by atoms with Crippen LogP contribution in [-0.2, 0) is 6.61 Å². The first-order chi connectivity index (χ1) is 9.61. The van der Waals surface area contributed by atoms with Gasteiger partial charge < -0.3 is 14.6 Å². The summed E-state index contributed by atoms with van der Waals surface area (Å²) in [6.07, 6.45) is 0. The number of carbonyl (C=O) groups is 1. The average molecular weight is 292 g/mol. The zero-order valence-corrected chi connectivity index (χ0v) is 12.2. The van der Waals surface area contributed by atoms with E-state index in [9.17, 15) is 4.79 Å². The summed E-state index contributed by atoms with van der Waals surface area (Å²) in [5, 5.41) is 8.97. The van der Waals surface area contributed by atoms with E-state index in [0.717, 1.165) is 10.4 Å². The molecule has 1 N–H and O–H groups in total. The van der Waals surface area contributed by atoms with E-state index in [-0.39, 0.29) is 0 Å². The number of hydrogen-bond donors (Lipinski definition) is 1. The van der Waals surface area contributed by atoms with Crippen LogP contribution in [0.3, 0.4) is 0 Å². The lowest BCUT2D eigenvalue weighted by atomic mass is 10.2. The zero-order valence-electron chi connectivity index (χ0n) is 11.4. The Kier molecular flexibility index (Phi) is 4.63. The van der Waals surface area contributed by atoms with Crippen molar-refractivity contribution in [1.82, 2.24) is 0 Å². The summed E-state index contributed by atoms with van der Waals surface area (Å²) in [7, 11) is 0. The first kappa shape index (κ1) is 14.4. The lowest BCUT2D eigenvalue weighted by molar-refractivity contribution is 0.0702. The van der Waals surface area contributed by atoms with Gasteiger partial charge in [0.05, 0.1) is 6.61 Å². The van der Waals surface area contributed by atoms with Crippen LogP contribution in [0.2, 0.25) is 0 Å². The number of carboxylic acids is 1. The largest absolute Gasteiger partial charge is 0.490 e. The first-order valence-corrected chi connectivity index (χ1v) is 7.10. The maximum atomic E-state index is 10.9. The molecular weight excluding hydrogens is 276 g/mol. The van der Waals surface area contributed by atoms with Crippen LogP contribution >= 0.6 is 11.3 Å². The molecule has 0 spiro atoms. The number of carboxylic acid groups (broad SMARTS) is 1. The van der Waals surface area contributed by atoms with Crippen LogP contribution in [-0.4, -0.2) is 17.7 Å². The molecule has 1 heterocycles. The quantitative estimate of drug-likeness (QED) is 0.881. The van der Waals surface area contributed by atoms with Crippen molar-refractivity contribution in [3.8, 4) is 11.5 Å². The molecule has 0 bridgehead atoms. The van der Waals surface area contributed by atoms with Crippen molar-refractivity contribution in [2.75, 3.05) is 6.61 Å². The number of ether oxygens (including phenoxy) is 2. The van der Waals surface area contributed by atoms with Crippen molar-refractivity contribution in [3.05, 3.63) is 45.6 Å². The highest BCUT2D eigenvalue weighted by Gasteiger charge is 2.12. The number of rotatable bonds is 6. The van der Waals surface area contributed by atoms with Crippen LogP contribution in [0.1, 0.15) is 27.0 Å². The summed E-state index contributed by atoms with van der Waals surface area (Å²) in [4.78, 5) is 12.2. The Hall–Kier alpha value is -2.01. The summed E-state index contributed by atoms with van der Waals surface area (Å²) in [5.41, 5.74) is 0.888. The standard InChI is InChI=1S/C15H16O4S/c1-3-18-12-6-4-5-7-13(12)19-9-11-8-14(15(16)17)20-10(11)2/h4-8H,3,9H2,1-2H3,(H,16,17). The molecule has 106 valence electrons. The fourth-order valence-electron chi connectivity index (χ4n) is 1.77. The fourth-order valence-corrected chi connectivity index (χ4v) is 2.64. The SMILES string of the molecule is CCOc1ccccc1OCc1cc(C(=O)O)sc1C. The summed E-state index contributed by atoms with van der Waals surface area (Å²) < 4.78 is 11.2. The van der Waals surface area contributed by atoms with Crippen LogP contribution in [0.25, 0.3) is 0 Å². The molecule has 2 aromatic rings. The van der Waals surface area contributed by atoms with Crippen molar-refractivity contribution in [2.24, 2.45) is 0 Å². The van der Waals surface area contributed by atoms with E-state index in [1.165, 1.54) is 11.3 Å². The number of aromatic carboxylic acids is 1. The predicted molar refractivity (Wildman–Crippen MR) is 78.0 cm³/mol. The Morgan fingerprint density at radius 1 is 1.25 bits per heavy atom. The van der Waals surface area contributed by atoms with E-state index in [2.05, 4.69) is 0 Å². The van der Waals surface area contributed by atoms with Gasteiger partial charge in [0.1, 0.15) is 11.5 Å². The molecule has 2 rings (SSSR count). The Balaban J connectivity index is 2.11. The fraction of sp³-hybridized carbons (Fsp3) is 0.267. The van der Waals surface area contributed by atoms with Crippen molar-refractivity contribution in [2.45, 2.75) is 20.5 Å². The van der Waals surface area contributed by atoms with Gasteiger partial charge in [0.15, 0.2) is 11.5 Å². The molecule has 0 radical (unpaired) electrons. The minimum absolute atomic E-state index is 0.333. The number of thiophene rings is 1. The van der Waals surface area contributed by atoms with Gasteiger partial charge >= 0.3 is 5.97 Å². The maximum Gasteiger partial charge on any atom is 0.345 e. The highest BCUT2D eigenvalue weighted by molar-refractivity contribution is 7.14. The van der Waals surface area contributed by atoms with Crippen LogP contribution in [0, 0.1) is 6.92 Å². The van der Waals surface area contributed by atoms with Crippen molar-refractivity contribution < 1.29 is 19.4 Å². The molecule has 20 heavy (non-hydrogen) atoms. The second kappa shape index (κ2) is 6.43. The Bertz CT molecular complexity index is 604. The van der Waals surface area contributed by atoms with Crippen molar-refractivity contribution in [3.63, 3.8) is 0 Å². The number of para-hydroxylation sites is 2. The normalized spacial score (nSPS) is 10.3. The minimum Gasteiger partial charge on any atom is -0.490 e. The third kappa shape index (κ3) is 3.30. The summed E-state index contributed by atoms with van der Waals surface area (Å²) >= 11 is 1.26. The van der Waals surface area contributed by atoms with Gasteiger partial charge in [-0.1, -0.05) is 12.1 Å². The molecule has 1 aromatic carbocycles. The molecule has 4 nitrogen and oxygen atoms in total. The first-order valence-electron chi connectivity index (χ1n) is 6.29. The topological polar surface area (TPSA) is 55.8 Å². The van der Waals surface area contributed by atoms with Gasteiger partial charge in [-0.05, 0) is 32.0 Å². The highest BCUT2D eigenvalue weighted by atomic mass is 32.1. The number of aryl methyl sites for hydroxylation is 1. The molecule has 0 aliphatic carbocycles. The van der Waals surface area contributed by atoms with Gasteiger partial charge in [-0.3, -0.25) is 0 Å². The molecule has 0 atom stereocenters. The van der Waals surface area contributed by atoms with Gasteiger partial charge in [0.25, 0.3) is 0 Å². The molecule has 0 aliphatic heterocycles. The minimum atomic E-state index is -0.904. The average Bonchev–Trinajstić information content (AvgIpc) is 2.80. The smallest absolute Gasteiger partial charge is 0.345 e. The van der Waals surface area contributed by atoms with Crippen LogP contribution in [0.5, 0.6) is 11.5 Å². The molecule has 0 fully saturated rings. The van der Waals surface area contributed by atoms with E-state index in [1.807, 2.05) is 38.1 Å². The third-order valence-corrected chi connectivity index (χ3v) is 3.84. The maximum absolute atomic E-state index is 10.9. The molecule has 0 saturated heterocycles. The van der Waals surface area contributed by atoms with E-state index in [1.54, 1.807) is 6.07 Å². The van der Waals surface area contributed by atoms with Crippen molar-refractivity contribution in [1.29, 1.82) is 0 Å². The second-order valence-electron chi connectivity index (χ2n) is 4.17. The van der Waals surface area contributed by atoms with E-state index < -0.39 is 5.97 Å². The molecule has 0 aliphatic rings. The van der Waals surface area contributed by atoms with Crippen molar-refractivity contribution >= 4 is 17.3 Å². The summed E-state index contributed by atoms with van der Waals surface area (Å²) in [5.74, 6) is 0.456. The van der Waals surface area contributed by atoms with E-state index in [4.69, 9.17) is 14.6 Å². The van der Waals surface area contributed by atoms with Gasteiger partial charge in [0.2, 0.25) is 0 Å². The van der Waals surface area contributed by atoms with Gasteiger partial charge in [-0.25, -0.2) is 4.79 Å². The van der Waals surface area contributed by atoms with Crippen LogP contribution in [0.4, 0.5) is 0 Å². The van der Waals surface area contributed by atoms with Gasteiger partial charge in [-0.2, -0.15) is 0 Å². The second-order valence-corrected chi connectivity index (χ2v) is 5.42. The highest BCUT2D eigenvalue weighted by Crippen LogP contribution is 2.29. The lowest BCUT2D eigenvalue weighted by Gasteiger charge is -2.11. The predicted octanol–water partition coefficient (Wildman–Crippen LogP) is 3.73. The molecule has 0 unspecified atom stereocenters. The van der Waals surface area contributed by atoms with Crippen LogP contribution < -0.4 is 9.47 Å². The lowest BCUT2D eigenvalue weighted by Crippen LogP contribution is -1.99. The van der Waals surface area contributed by atoms with Gasteiger partial charge in [-0.15, -0.1) is 11.3 Å². The summed E-state index contributed by atoms with van der Waals surface area (Å²) in [6.45, 7) is 4.71. The molecule has 0 amide bonds. The molecular formula is C15H16O4S. The third-order valence-electron chi connectivity index (χ3n) is 2.76.